The van der Waals surface area contributed by atoms with Crippen molar-refractivity contribution in [1.29, 1.82) is 0 Å². The third-order valence-electron chi connectivity index (χ3n) is 5.93. The monoisotopic (exact) mass is 583 g/mol. The summed E-state index contributed by atoms with van der Waals surface area (Å²) in [6, 6.07) is 25.9. The Kier molecular flexibility index (Phi) is 8.29. The lowest BCUT2D eigenvalue weighted by molar-refractivity contribution is 0.102. The number of anilines is 3. The molecule has 0 bridgehead atoms. The summed E-state index contributed by atoms with van der Waals surface area (Å²) >= 11 is 6.04. The number of carbonyl (C=O) groups is 1. The van der Waals surface area contributed by atoms with E-state index in [-0.39, 0.29) is 22.2 Å². The molecule has 4 aromatic rings. The molecule has 0 saturated heterocycles. The summed E-state index contributed by atoms with van der Waals surface area (Å²) in [5, 5.41) is 2.98. The standard InChI is InChI=1S/C28H26ClN3O5S2/c1-20-7-3-4-8-22(20)19-32(38(2,34)35)24-15-11-21(12-16-24)28(33)30-23-13-17-25(18-14-23)39(36,37)31-27-10-6-5-9-26(27)29/h3-18,31H,19H2,1-2H3,(H,30,33). The Bertz CT molecular complexity index is 1710. The smallest absolute Gasteiger partial charge is 0.261 e. The highest BCUT2D eigenvalue weighted by molar-refractivity contribution is 7.92. The van der Waals surface area contributed by atoms with E-state index in [0.29, 0.717) is 16.9 Å². The quantitative estimate of drug-likeness (QED) is 0.264. The van der Waals surface area contributed by atoms with Crippen LogP contribution in [0.3, 0.4) is 0 Å². The zero-order chi connectivity index (χ0) is 28.2. The number of nitrogens with one attached hydrogen (secondary N) is 2. The molecule has 0 aliphatic heterocycles. The van der Waals surface area contributed by atoms with Gasteiger partial charge in [0.05, 0.1) is 34.1 Å². The Morgan fingerprint density at radius 2 is 1.44 bits per heavy atom. The van der Waals surface area contributed by atoms with Crippen molar-refractivity contribution >= 4 is 54.6 Å². The summed E-state index contributed by atoms with van der Waals surface area (Å²) < 4.78 is 54.2. The van der Waals surface area contributed by atoms with Gasteiger partial charge in [-0.1, -0.05) is 48.0 Å². The summed E-state index contributed by atoms with van der Waals surface area (Å²) in [5.41, 5.74) is 3.22. The van der Waals surface area contributed by atoms with E-state index < -0.39 is 26.0 Å². The van der Waals surface area contributed by atoms with Crippen LogP contribution in [0.5, 0.6) is 0 Å². The molecule has 0 aliphatic rings. The number of nitrogens with zero attached hydrogens (tertiary/aromatic N) is 1. The topological polar surface area (TPSA) is 113 Å². The SMILES string of the molecule is Cc1ccccc1CN(c1ccc(C(=O)Nc2ccc(S(=O)(=O)Nc3ccccc3Cl)cc2)cc1)S(C)(=O)=O. The first-order chi connectivity index (χ1) is 18.4. The van der Waals surface area contributed by atoms with Gasteiger partial charge < -0.3 is 5.32 Å². The lowest BCUT2D eigenvalue weighted by atomic mass is 10.1. The molecule has 0 saturated carbocycles. The van der Waals surface area contributed by atoms with Gasteiger partial charge in [-0.25, -0.2) is 16.8 Å². The van der Waals surface area contributed by atoms with Crippen LogP contribution in [0.4, 0.5) is 17.1 Å². The normalized spacial score (nSPS) is 11.6. The van der Waals surface area contributed by atoms with E-state index in [4.69, 9.17) is 11.6 Å². The molecule has 1 amide bonds. The second-order valence-corrected chi connectivity index (χ2v) is 12.8. The van der Waals surface area contributed by atoms with Crippen LogP contribution in [0.25, 0.3) is 0 Å². The second kappa shape index (κ2) is 11.5. The van der Waals surface area contributed by atoms with E-state index in [0.717, 1.165) is 17.4 Å². The molecule has 39 heavy (non-hydrogen) atoms. The number of para-hydroxylation sites is 1. The zero-order valence-corrected chi connectivity index (χ0v) is 23.5. The first-order valence-electron chi connectivity index (χ1n) is 11.7. The van der Waals surface area contributed by atoms with Crippen LogP contribution in [0.1, 0.15) is 21.5 Å². The highest BCUT2D eigenvalue weighted by atomic mass is 35.5. The van der Waals surface area contributed by atoms with Crippen LogP contribution in [0, 0.1) is 6.92 Å². The fourth-order valence-electron chi connectivity index (χ4n) is 3.79. The Morgan fingerprint density at radius 3 is 2.05 bits per heavy atom. The molecule has 0 aromatic heterocycles. The van der Waals surface area contributed by atoms with Gasteiger partial charge in [0.1, 0.15) is 0 Å². The summed E-state index contributed by atoms with van der Waals surface area (Å²) in [4.78, 5) is 12.8. The average molecular weight is 584 g/mol. The third kappa shape index (κ3) is 6.97. The van der Waals surface area contributed by atoms with Gasteiger partial charge in [-0.3, -0.25) is 13.8 Å². The molecule has 0 unspecified atom stereocenters. The van der Waals surface area contributed by atoms with Crippen molar-refractivity contribution in [2.75, 3.05) is 20.6 Å². The molecule has 0 fully saturated rings. The maximum Gasteiger partial charge on any atom is 0.261 e. The first kappa shape index (κ1) is 28.2. The summed E-state index contributed by atoms with van der Waals surface area (Å²) in [5.74, 6) is -0.434. The van der Waals surface area contributed by atoms with Crippen LogP contribution in [0.15, 0.2) is 102 Å². The molecule has 0 radical (unpaired) electrons. The van der Waals surface area contributed by atoms with E-state index >= 15 is 0 Å². The fourth-order valence-corrected chi connectivity index (χ4v) is 5.99. The van der Waals surface area contributed by atoms with Crippen molar-refractivity contribution in [2.45, 2.75) is 18.4 Å². The minimum atomic E-state index is -3.88. The average Bonchev–Trinajstić information content (AvgIpc) is 2.89. The lowest BCUT2D eigenvalue weighted by Gasteiger charge is -2.23. The van der Waals surface area contributed by atoms with Gasteiger partial charge in [0.25, 0.3) is 15.9 Å². The predicted molar refractivity (Wildman–Crippen MR) is 155 cm³/mol. The minimum Gasteiger partial charge on any atom is -0.322 e. The third-order valence-corrected chi connectivity index (χ3v) is 8.79. The number of halogens is 1. The number of rotatable bonds is 9. The highest BCUT2D eigenvalue weighted by Gasteiger charge is 2.20. The molecule has 11 heteroatoms. The second-order valence-electron chi connectivity index (χ2n) is 8.81. The molecule has 0 spiro atoms. The fraction of sp³-hybridized carbons (Fsp3) is 0.107. The van der Waals surface area contributed by atoms with Crippen LogP contribution in [-0.4, -0.2) is 29.0 Å². The molecule has 8 nitrogen and oxygen atoms in total. The number of amides is 1. The summed E-state index contributed by atoms with van der Waals surface area (Å²) in [6.45, 7) is 2.08. The number of carbonyl (C=O) groups excluding carboxylic acids is 1. The minimum absolute atomic E-state index is 0.000657. The van der Waals surface area contributed by atoms with Gasteiger partial charge in [-0.05, 0) is 78.7 Å². The molecule has 0 atom stereocenters. The molecule has 4 aromatic carbocycles. The van der Waals surface area contributed by atoms with E-state index in [9.17, 15) is 21.6 Å². The molecule has 202 valence electrons. The summed E-state index contributed by atoms with van der Waals surface area (Å²) in [7, 11) is -7.47. The van der Waals surface area contributed by atoms with Gasteiger partial charge in [0, 0.05) is 11.3 Å². The van der Waals surface area contributed by atoms with Crippen LogP contribution in [0.2, 0.25) is 5.02 Å². The van der Waals surface area contributed by atoms with Crippen LogP contribution >= 0.6 is 11.6 Å². The lowest BCUT2D eigenvalue weighted by Crippen LogP contribution is -2.29. The first-order valence-corrected chi connectivity index (χ1v) is 15.5. The number of hydrogen-bond acceptors (Lipinski definition) is 5. The highest BCUT2D eigenvalue weighted by Crippen LogP contribution is 2.25. The van der Waals surface area contributed by atoms with Gasteiger partial charge in [-0.15, -0.1) is 0 Å². The molecular weight excluding hydrogens is 558 g/mol. The molecule has 0 aliphatic carbocycles. The predicted octanol–water partition coefficient (Wildman–Crippen LogP) is 5.67. The maximum absolute atomic E-state index is 12.8. The van der Waals surface area contributed by atoms with E-state index in [1.165, 1.54) is 40.7 Å². The Hall–Kier alpha value is -3.86. The Morgan fingerprint density at radius 1 is 0.821 bits per heavy atom. The number of hydrogen-bond donors (Lipinski definition) is 2. The van der Waals surface area contributed by atoms with E-state index in [1.807, 2.05) is 31.2 Å². The maximum atomic E-state index is 12.8. The number of aryl methyl sites for hydroxylation is 1. The Labute approximate surface area is 233 Å². The van der Waals surface area contributed by atoms with Crippen molar-refractivity contribution in [3.63, 3.8) is 0 Å². The van der Waals surface area contributed by atoms with Crippen molar-refractivity contribution < 1.29 is 21.6 Å². The Balaban J connectivity index is 1.46. The number of sulfonamides is 2. The zero-order valence-electron chi connectivity index (χ0n) is 21.1. The molecule has 2 N–H and O–H groups in total. The van der Waals surface area contributed by atoms with Gasteiger partial charge in [0.15, 0.2) is 0 Å². The summed E-state index contributed by atoms with van der Waals surface area (Å²) in [6.07, 6.45) is 1.14. The van der Waals surface area contributed by atoms with Crippen molar-refractivity contribution in [2.24, 2.45) is 0 Å². The van der Waals surface area contributed by atoms with E-state index in [2.05, 4.69) is 10.0 Å². The molecule has 4 rings (SSSR count). The largest absolute Gasteiger partial charge is 0.322 e. The molecule has 0 heterocycles. The molecular formula is C28H26ClN3O5S2. The van der Waals surface area contributed by atoms with Crippen LogP contribution < -0.4 is 14.3 Å². The number of benzene rings is 4. The van der Waals surface area contributed by atoms with Gasteiger partial charge >= 0.3 is 0 Å². The van der Waals surface area contributed by atoms with Gasteiger partial charge in [-0.2, -0.15) is 0 Å². The van der Waals surface area contributed by atoms with Crippen LogP contribution in [-0.2, 0) is 26.6 Å². The van der Waals surface area contributed by atoms with Crippen molar-refractivity contribution in [3.05, 3.63) is 119 Å². The van der Waals surface area contributed by atoms with Gasteiger partial charge in [0.2, 0.25) is 10.0 Å². The van der Waals surface area contributed by atoms with Crippen molar-refractivity contribution in [1.82, 2.24) is 0 Å². The van der Waals surface area contributed by atoms with Crippen molar-refractivity contribution in [3.8, 4) is 0 Å². The van der Waals surface area contributed by atoms with E-state index in [1.54, 1.807) is 36.4 Å².